The largest absolute Gasteiger partial charge is 0.378 e. The van der Waals surface area contributed by atoms with Crippen LogP contribution in [0.5, 0.6) is 0 Å². The molecule has 7 heteroatoms. The van der Waals surface area contributed by atoms with Gasteiger partial charge in [-0.1, -0.05) is 0 Å². The van der Waals surface area contributed by atoms with Crippen molar-refractivity contribution in [3.63, 3.8) is 0 Å². The third-order valence-corrected chi connectivity index (χ3v) is 4.66. The van der Waals surface area contributed by atoms with Crippen molar-refractivity contribution in [1.82, 2.24) is 4.98 Å². The van der Waals surface area contributed by atoms with Crippen LogP contribution in [0.15, 0.2) is 23.6 Å². The second-order valence-electron chi connectivity index (χ2n) is 4.36. The van der Waals surface area contributed by atoms with Crippen LogP contribution in [-0.2, 0) is 11.3 Å². The lowest BCUT2D eigenvalue weighted by molar-refractivity contribution is -0.116. The second-order valence-corrected chi connectivity index (χ2v) is 6.36. The van der Waals surface area contributed by atoms with Gasteiger partial charge in [0.1, 0.15) is 5.82 Å². The second kappa shape index (κ2) is 7.17. The minimum Gasteiger partial charge on any atom is -0.378 e. The molecule has 0 saturated carbocycles. The molecule has 0 aliphatic heterocycles. The van der Waals surface area contributed by atoms with Crippen molar-refractivity contribution in [1.29, 1.82) is 0 Å². The first-order chi connectivity index (χ1) is 10.0. The average Bonchev–Trinajstić information content (AvgIpc) is 2.87. The molecule has 0 aliphatic carbocycles. The third kappa shape index (κ3) is 4.13. The first kappa shape index (κ1) is 16.2. The Morgan fingerprint density at radius 1 is 1.52 bits per heavy atom. The van der Waals surface area contributed by atoms with Crippen molar-refractivity contribution in [2.75, 3.05) is 16.8 Å². The Morgan fingerprint density at radius 3 is 2.90 bits per heavy atom. The molecule has 0 spiro atoms. The van der Waals surface area contributed by atoms with E-state index >= 15 is 0 Å². The number of carbonyl (C=O) groups is 1. The number of rotatable bonds is 5. The fraction of sp³-hybridized carbons (Fsp3) is 0.286. The summed E-state index contributed by atoms with van der Waals surface area (Å²) in [6.07, 6.45) is 0. The lowest BCUT2D eigenvalue weighted by atomic mass is 10.3. The fourth-order valence-electron chi connectivity index (χ4n) is 1.81. The summed E-state index contributed by atoms with van der Waals surface area (Å²) in [5, 5.41) is 5.85. The average molecular weight is 419 g/mol. The maximum Gasteiger partial charge on any atom is 0.225 e. The smallest absolute Gasteiger partial charge is 0.225 e. The van der Waals surface area contributed by atoms with Crippen molar-refractivity contribution in [2.45, 2.75) is 20.4 Å². The van der Waals surface area contributed by atoms with Gasteiger partial charge in [0.2, 0.25) is 5.91 Å². The van der Waals surface area contributed by atoms with Crippen LogP contribution in [0.4, 0.5) is 15.2 Å². The summed E-state index contributed by atoms with van der Waals surface area (Å²) in [5.41, 5.74) is 1.72. The number of nitrogens with zero attached hydrogens (tertiary/aromatic N) is 2. The number of halogens is 2. The molecule has 21 heavy (non-hydrogen) atoms. The van der Waals surface area contributed by atoms with Gasteiger partial charge in [-0.05, 0) is 47.7 Å². The van der Waals surface area contributed by atoms with Crippen molar-refractivity contribution in [2.24, 2.45) is 0 Å². The van der Waals surface area contributed by atoms with Crippen molar-refractivity contribution < 1.29 is 9.18 Å². The van der Waals surface area contributed by atoms with E-state index in [-0.39, 0.29) is 11.7 Å². The van der Waals surface area contributed by atoms with Crippen LogP contribution < -0.4 is 10.2 Å². The zero-order valence-corrected chi connectivity index (χ0v) is 14.7. The number of benzene rings is 1. The van der Waals surface area contributed by atoms with Gasteiger partial charge in [0, 0.05) is 28.1 Å². The Morgan fingerprint density at radius 2 is 2.29 bits per heavy atom. The monoisotopic (exact) mass is 419 g/mol. The highest BCUT2D eigenvalue weighted by Gasteiger charge is 2.13. The van der Waals surface area contributed by atoms with E-state index in [1.807, 2.05) is 12.3 Å². The number of aromatic nitrogens is 1. The maximum atomic E-state index is 13.0. The van der Waals surface area contributed by atoms with Crippen LogP contribution in [-0.4, -0.2) is 17.4 Å². The summed E-state index contributed by atoms with van der Waals surface area (Å²) >= 11 is 3.53. The predicted octanol–water partition coefficient (Wildman–Crippen LogP) is 3.87. The molecule has 0 aliphatic rings. The molecular formula is C14H15FIN3OS. The molecule has 0 atom stereocenters. The summed E-state index contributed by atoms with van der Waals surface area (Å²) in [7, 11) is 0. The number of hydrogen-bond acceptors (Lipinski definition) is 4. The van der Waals surface area contributed by atoms with Gasteiger partial charge in [0.05, 0.1) is 12.2 Å². The molecule has 0 radical (unpaired) electrons. The molecule has 2 aromatic rings. The number of nitrogens with one attached hydrogen (secondary N) is 1. The minimum atomic E-state index is -0.249. The number of anilines is 2. The lowest BCUT2D eigenvalue weighted by Crippen LogP contribution is -2.27. The Bertz CT molecular complexity index is 647. The normalized spacial score (nSPS) is 10.5. The van der Waals surface area contributed by atoms with E-state index in [2.05, 4.69) is 32.9 Å². The van der Waals surface area contributed by atoms with Gasteiger partial charge in [0.15, 0.2) is 5.13 Å². The summed E-state index contributed by atoms with van der Waals surface area (Å²) in [4.78, 5) is 17.6. The van der Waals surface area contributed by atoms with Crippen LogP contribution >= 0.6 is 33.9 Å². The minimum absolute atomic E-state index is 0.0144. The van der Waals surface area contributed by atoms with Crippen molar-refractivity contribution in [3.05, 3.63) is 38.7 Å². The topological polar surface area (TPSA) is 45.2 Å². The maximum absolute atomic E-state index is 13.0. The van der Waals surface area contributed by atoms with Gasteiger partial charge in [-0.3, -0.25) is 9.69 Å². The van der Waals surface area contributed by atoms with E-state index in [1.54, 1.807) is 11.0 Å². The fourth-order valence-corrected chi connectivity index (χ4v) is 3.41. The van der Waals surface area contributed by atoms with Gasteiger partial charge in [-0.25, -0.2) is 9.37 Å². The van der Waals surface area contributed by atoms with Gasteiger partial charge < -0.3 is 5.32 Å². The summed E-state index contributed by atoms with van der Waals surface area (Å²) in [6.45, 7) is 4.59. The van der Waals surface area contributed by atoms with E-state index in [0.717, 1.165) is 15.0 Å². The van der Waals surface area contributed by atoms with E-state index in [4.69, 9.17) is 0 Å². The molecule has 4 nitrogen and oxygen atoms in total. The predicted molar refractivity (Wildman–Crippen MR) is 92.3 cm³/mol. The zero-order chi connectivity index (χ0) is 15.4. The number of hydrogen-bond donors (Lipinski definition) is 1. The van der Waals surface area contributed by atoms with Crippen LogP contribution in [0, 0.1) is 9.39 Å². The van der Waals surface area contributed by atoms with Crippen LogP contribution in [0.25, 0.3) is 0 Å². The van der Waals surface area contributed by atoms with Crippen molar-refractivity contribution >= 4 is 50.7 Å². The molecule has 1 amide bonds. The first-order valence-corrected chi connectivity index (χ1v) is 8.38. The van der Waals surface area contributed by atoms with Gasteiger partial charge in [-0.15, -0.1) is 11.3 Å². The molecule has 112 valence electrons. The molecule has 0 bridgehead atoms. The zero-order valence-electron chi connectivity index (χ0n) is 11.7. The van der Waals surface area contributed by atoms with E-state index in [0.29, 0.717) is 18.2 Å². The Labute approximate surface area is 140 Å². The summed E-state index contributed by atoms with van der Waals surface area (Å²) in [6, 6.07) is 4.60. The highest BCUT2D eigenvalue weighted by molar-refractivity contribution is 14.1. The van der Waals surface area contributed by atoms with Crippen LogP contribution in [0.2, 0.25) is 0 Å². The summed E-state index contributed by atoms with van der Waals surface area (Å²) in [5.74, 6) is -0.264. The van der Waals surface area contributed by atoms with Gasteiger partial charge in [0.25, 0.3) is 0 Å². The molecule has 1 aromatic carbocycles. The molecule has 1 aromatic heterocycles. The van der Waals surface area contributed by atoms with Crippen molar-refractivity contribution in [3.8, 4) is 0 Å². The van der Waals surface area contributed by atoms with E-state index < -0.39 is 0 Å². The number of amides is 1. The molecule has 0 fully saturated rings. The number of carbonyl (C=O) groups excluding carboxylic acids is 1. The standard InChI is InChI=1S/C14H15FIN3OS/c1-3-19(9(2)20)14-18-11(8-21-14)7-17-13-5-4-10(15)6-12(13)16/h4-6,8,17H,3,7H2,1-2H3. The molecule has 0 unspecified atom stereocenters. The molecule has 2 rings (SSSR count). The van der Waals surface area contributed by atoms with Crippen LogP contribution in [0.3, 0.4) is 0 Å². The Hall–Kier alpha value is -1.22. The SMILES string of the molecule is CCN(C(C)=O)c1nc(CNc2ccc(F)cc2I)cs1. The highest BCUT2D eigenvalue weighted by atomic mass is 127. The van der Waals surface area contributed by atoms with Gasteiger partial charge in [-0.2, -0.15) is 0 Å². The quantitative estimate of drug-likeness (QED) is 0.749. The third-order valence-electron chi connectivity index (χ3n) is 2.86. The van der Waals surface area contributed by atoms with Gasteiger partial charge >= 0.3 is 0 Å². The molecule has 0 saturated heterocycles. The first-order valence-electron chi connectivity index (χ1n) is 6.42. The lowest BCUT2D eigenvalue weighted by Gasteiger charge is -2.14. The Balaban J connectivity index is 2.04. The summed E-state index contributed by atoms with van der Waals surface area (Å²) < 4.78 is 13.9. The number of thiazole rings is 1. The van der Waals surface area contributed by atoms with Crippen LogP contribution in [0.1, 0.15) is 19.5 Å². The Kier molecular flexibility index (Phi) is 5.51. The highest BCUT2D eigenvalue weighted by Crippen LogP contribution is 2.23. The molecular weight excluding hydrogens is 404 g/mol. The van der Waals surface area contributed by atoms with E-state index in [1.165, 1.54) is 30.4 Å². The molecule has 1 N–H and O–H groups in total. The van der Waals surface area contributed by atoms with E-state index in [9.17, 15) is 9.18 Å². The molecule has 1 heterocycles.